The van der Waals surface area contributed by atoms with Crippen LogP contribution in [0.15, 0.2) is 53.5 Å². The number of rotatable bonds is 1. The Bertz CT molecular complexity index is 993. The van der Waals surface area contributed by atoms with E-state index in [1.54, 1.807) is 11.3 Å². The summed E-state index contributed by atoms with van der Waals surface area (Å²) in [5.41, 5.74) is 5.61. The minimum atomic E-state index is -0.183. The number of amides is 1. The molecular weight excluding hydrogens is 316 g/mol. The maximum absolute atomic E-state index is 12.5. The van der Waals surface area contributed by atoms with Crippen molar-refractivity contribution in [3.8, 4) is 11.3 Å². The lowest BCUT2D eigenvalue weighted by Crippen LogP contribution is -2.15. The predicted octanol–water partition coefficient (Wildman–Crippen LogP) is 3.90. The van der Waals surface area contributed by atoms with Crippen LogP contribution in [0.3, 0.4) is 0 Å². The van der Waals surface area contributed by atoms with E-state index in [4.69, 9.17) is 0 Å². The van der Waals surface area contributed by atoms with Gasteiger partial charge in [-0.15, -0.1) is 11.3 Å². The van der Waals surface area contributed by atoms with Crippen molar-refractivity contribution in [1.29, 1.82) is 0 Å². The first-order valence-electron chi connectivity index (χ1n) is 8.06. The smallest absolute Gasteiger partial charge is 0.279 e. The van der Waals surface area contributed by atoms with E-state index in [2.05, 4.69) is 33.8 Å². The number of hydrogen-bond acceptors (Lipinski definition) is 2. The van der Waals surface area contributed by atoms with E-state index in [0.717, 1.165) is 23.2 Å². The Morgan fingerprint density at radius 2 is 1.83 bits per heavy atom. The highest BCUT2D eigenvalue weighted by Crippen LogP contribution is 2.34. The van der Waals surface area contributed by atoms with E-state index >= 15 is 0 Å². The van der Waals surface area contributed by atoms with Gasteiger partial charge in [0.1, 0.15) is 0 Å². The monoisotopic (exact) mass is 334 g/mol. The lowest BCUT2D eigenvalue weighted by atomic mass is 9.93. The van der Waals surface area contributed by atoms with Crippen LogP contribution >= 0.6 is 11.3 Å². The fourth-order valence-electron chi connectivity index (χ4n) is 3.17. The molecule has 24 heavy (non-hydrogen) atoms. The van der Waals surface area contributed by atoms with Gasteiger partial charge in [0.15, 0.2) is 4.80 Å². The Hall–Kier alpha value is -2.46. The average molecular weight is 334 g/mol. The summed E-state index contributed by atoms with van der Waals surface area (Å²) in [7, 11) is 2.00. The van der Waals surface area contributed by atoms with Crippen molar-refractivity contribution in [1.82, 2.24) is 4.57 Å². The zero-order valence-corrected chi connectivity index (χ0v) is 14.6. The number of benzene rings is 2. The Balaban J connectivity index is 1.80. The summed E-state index contributed by atoms with van der Waals surface area (Å²) in [6.45, 7) is 2.01. The van der Waals surface area contributed by atoms with Crippen LogP contribution in [0.1, 0.15) is 26.4 Å². The molecule has 1 heterocycles. The predicted molar refractivity (Wildman–Crippen MR) is 97.2 cm³/mol. The molecule has 120 valence electrons. The first kappa shape index (κ1) is 15.1. The molecule has 0 atom stereocenters. The van der Waals surface area contributed by atoms with Gasteiger partial charge in [-0.2, -0.15) is 4.99 Å². The molecule has 0 bridgehead atoms. The topological polar surface area (TPSA) is 34.4 Å². The molecule has 4 rings (SSSR count). The second kappa shape index (κ2) is 5.87. The highest BCUT2D eigenvalue weighted by atomic mass is 32.1. The summed E-state index contributed by atoms with van der Waals surface area (Å²) in [6.07, 6.45) is 2.06. The van der Waals surface area contributed by atoms with Gasteiger partial charge in [-0.25, -0.2) is 0 Å². The van der Waals surface area contributed by atoms with Crippen molar-refractivity contribution in [2.24, 2.45) is 12.0 Å². The van der Waals surface area contributed by atoms with E-state index in [-0.39, 0.29) is 5.91 Å². The van der Waals surface area contributed by atoms with Gasteiger partial charge in [-0.05, 0) is 37.5 Å². The summed E-state index contributed by atoms with van der Waals surface area (Å²) in [5.74, 6) is -0.183. The van der Waals surface area contributed by atoms with Gasteiger partial charge in [0.05, 0.1) is 5.69 Å². The van der Waals surface area contributed by atoms with E-state index < -0.39 is 0 Å². The second-order valence-electron chi connectivity index (χ2n) is 6.16. The summed E-state index contributed by atoms with van der Waals surface area (Å²) in [5, 5.41) is 0. The van der Waals surface area contributed by atoms with Gasteiger partial charge < -0.3 is 4.57 Å². The molecule has 1 aromatic heterocycles. The summed E-state index contributed by atoms with van der Waals surface area (Å²) < 4.78 is 2.06. The van der Waals surface area contributed by atoms with Gasteiger partial charge in [-0.3, -0.25) is 4.79 Å². The maximum atomic E-state index is 12.5. The lowest BCUT2D eigenvalue weighted by Gasteiger charge is -2.16. The van der Waals surface area contributed by atoms with Gasteiger partial charge >= 0.3 is 0 Å². The molecule has 4 heteroatoms. The highest BCUT2D eigenvalue weighted by Gasteiger charge is 2.21. The van der Waals surface area contributed by atoms with E-state index in [1.807, 2.05) is 38.2 Å². The lowest BCUT2D eigenvalue weighted by molar-refractivity contribution is 0.0998. The molecule has 0 saturated heterocycles. The van der Waals surface area contributed by atoms with E-state index in [0.29, 0.717) is 5.56 Å². The third-order valence-electron chi connectivity index (χ3n) is 4.49. The standard InChI is InChI=1S/C20H18N2OS/c1-13-7-9-15(10-8-13)19(23)21-20-22(2)18-16-6-4-3-5-14(16)11-12-17(18)24-20/h3-10H,11-12H2,1-2H3. The highest BCUT2D eigenvalue weighted by molar-refractivity contribution is 7.09. The molecule has 0 saturated carbocycles. The molecule has 3 nitrogen and oxygen atoms in total. The Morgan fingerprint density at radius 3 is 2.62 bits per heavy atom. The number of thiazole rings is 1. The van der Waals surface area contributed by atoms with Crippen molar-refractivity contribution in [2.75, 3.05) is 0 Å². The number of nitrogens with zero attached hydrogens (tertiary/aromatic N) is 2. The Morgan fingerprint density at radius 1 is 1.08 bits per heavy atom. The minimum absolute atomic E-state index is 0.183. The number of carbonyl (C=O) groups is 1. The molecule has 1 aliphatic carbocycles. The summed E-state index contributed by atoms with van der Waals surface area (Å²) >= 11 is 1.63. The second-order valence-corrected chi connectivity index (χ2v) is 7.22. The van der Waals surface area contributed by atoms with Gasteiger partial charge in [0.2, 0.25) is 0 Å². The van der Waals surface area contributed by atoms with Gasteiger partial charge in [0, 0.05) is 23.1 Å². The van der Waals surface area contributed by atoms with Crippen LogP contribution in [0, 0.1) is 6.92 Å². The molecule has 3 aromatic rings. The Kier molecular flexibility index (Phi) is 3.69. The molecule has 1 amide bonds. The zero-order valence-electron chi connectivity index (χ0n) is 13.7. The van der Waals surface area contributed by atoms with Gasteiger partial charge in [0.25, 0.3) is 5.91 Å². The molecule has 0 unspecified atom stereocenters. The van der Waals surface area contributed by atoms with Crippen molar-refractivity contribution in [3.05, 3.63) is 74.9 Å². The Labute approximate surface area is 144 Å². The fourth-order valence-corrected chi connectivity index (χ4v) is 4.30. The van der Waals surface area contributed by atoms with Crippen LogP contribution < -0.4 is 4.80 Å². The zero-order chi connectivity index (χ0) is 16.7. The van der Waals surface area contributed by atoms with Crippen molar-refractivity contribution >= 4 is 17.2 Å². The molecule has 1 aliphatic rings. The normalized spacial score (nSPS) is 13.5. The van der Waals surface area contributed by atoms with Crippen molar-refractivity contribution in [3.63, 3.8) is 0 Å². The molecule has 0 radical (unpaired) electrons. The van der Waals surface area contributed by atoms with Crippen LogP contribution in [-0.4, -0.2) is 10.5 Å². The third kappa shape index (κ3) is 2.53. The molecule has 0 aliphatic heterocycles. The maximum Gasteiger partial charge on any atom is 0.279 e. The third-order valence-corrected chi connectivity index (χ3v) is 5.68. The summed E-state index contributed by atoms with van der Waals surface area (Å²) in [6, 6.07) is 16.1. The van der Waals surface area contributed by atoms with Crippen LogP contribution in [-0.2, 0) is 19.9 Å². The molecule has 0 fully saturated rings. The summed E-state index contributed by atoms with van der Waals surface area (Å²) in [4.78, 5) is 18.9. The van der Waals surface area contributed by atoms with E-state index in [9.17, 15) is 4.79 Å². The van der Waals surface area contributed by atoms with E-state index in [1.165, 1.54) is 21.7 Å². The number of aryl methyl sites for hydroxylation is 3. The van der Waals surface area contributed by atoms with Crippen LogP contribution in [0.25, 0.3) is 11.3 Å². The van der Waals surface area contributed by atoms with Crippen LogP contribution in [0.2, 0.25) is 0 Å². The molecule has 2 aromatic carbocycles. The average Bonchev–Trinajstić information content (AvgIpc) is 2.92. The van der Waals surface area contributed by atoms with Crippen LogP contribution in [0.4, 0.5) is 0 Å². The first-order chi connectivity index (χ1) is 11.6. The number of hydrogen-bond donors (Lipinski definition) is 0. The first-order valence-corrected chi connectivity index (χ1v) is 8.88. The van der Waals surface area contributed by atoms with Crippen molar-refractivity contribution in [2.45, 2.75) is 19.8 Å². The number of fused-ring (bicyclic) bond motifs is 3. The molecular formula is C20H18N2OS. The largest absolute Gasteiger partial charge is 0.319 e. The van der Waals surface area contributed by atoms with Crippen LogP contribution in [0.5, 0.6) is 0 Å². The number of aromatic nitrogens is 1. The quantitative estimate of drug-likeness (QED) is 0.664. The van der Waals surface area contributed by atoms with Crippen molar-refractivity contribution < 1.29 is 4.79 Å². The molecule has 0 N–H and O–H groups in total. The number of carbonyl (C=O) groups excluding carboxylic acids is 1. The SMILES string of the molecule is Cc1ccc(C(=O)N=c2sc3c(n2C)-c2ccccc2CC3)cc1. The van der Waals surface area contributed by atoms with Gasteiger partial charge in [-0.1, -0.05) is 42.0 Å². The fraction of sp³-hybridized carbons (Fsp3) is 0.200. The minimum Gasteiger partial charge on any atom is -0.319 e. The molecule has 0 spiro atoms.